The topological polar surface area (TPSA) is 0 Å². The van der Waals surface area contributed by atoms with Gasteiger partial charge in [-0.1, -0.05) is 104 Å². The maximum absolute atomic E-state index is 3.76. The SMILES string of the molecule is Cc1ccc2c(c1)C(C)(C)c1cc(Cc3ccc4c(c3)C(C)(C)C3=C4CCC(Br)=C3)ccc1-2. The summed E-state index contributed by atoms with van der Waals surface area (Å²) in [5, 5.41) is 0. The zero-order valence-corrected chi connectivity index (χ0v) is 21.9. The van der Waals surface area contributed by atoms with E-state index in [1.165, 1.54) is 60.1 Å². The van der Waals surface area contributed by atoms with Crippen LogP contribution in [-0.4, -0.2) is 0 Å². The van der Waals surface area contributed by atoms with Gasteiger partial charge in [-0.25, -0.2) is 0 Å². The van der Waals surface area contributed by atoms with Crippen molar-refractivity contribution >= 4 is 21.5 Å². The predicted octanol–water partition coefficient (Wildman–Crippen LogP) is 9.01. The van der Waals surface area contributed by atoms with Crippen LogP contribution >= 0.6 is 15.9 Å². The van der Waals surface area contributed by atoms with Gasteiger partial charge in [0.25, 0.3) is 0 Å². The highest BCUT2D eigenvalue weighted by Crippen LogP contribution is 2.52. The summed E-state index contributed by atoms with van der Waals surface area (Å²) in [6.07, 6.45) is 5.61. The Hall–Kier alpha value is -2.38. The van der Waals surface area contributed by atoms with Crippen LogP contribution in [0.4, 0.5) is 0 Å². The van der Waals surface area contributed by atoms with Crippen molar-refractivity contribution in [2.75, 3.05) is 0 Å². The Morgan fingerprint density at radius 3 is 1.97 bits per heavy atom. The molecule has 3 aromatic rings. The minimum Gasteiger partial charge on any atom is -0.0587 e. The Kier molecular flexibility index (Phi) is 4.53. The van der Waals surface area contributed by atoms with Gasteiger partial charge in [-0.05, 0) is 92.4 Å². The normalized spacial score (nSPS) is 19.0. The Labute approximate surface area is 206 Å². The molecule has 0 radical (unpaired) electrons. The number of fused-ring (bicyclic) bond motifs is 5. The van der Waals surface area contributed by atoms with Crippen molar-refractivity contribution in [2.45, 2.75) is 64.7 Å². The Morgan fingerprint density at radius 2 is 1.27 bits per heavy atom. The molecule has 0 spiro atoms. The third-order valence-corrected chi connectivity index (χ3v) is 8.93. The molecule has 33 heavy (non-hydrogen) atoms. The molecule has 3 aliphatic carbocycles. The Balaban J connectivity index is 1.36. The number of hydrogen-bond acceptors (Lipinski definition) is 0. The molecule has 6 rings (SSSR count). The third kappa shape index (κ3) is 3.08. The smallest absolute Gasteiger partial charge is 0.0159 e. The highest BCUT2D eigenvalue weighted by molar-refractivity contribution is 9.11. The minimum absolute atomic E-state index is 0.0509. The largest absolute Gasteiger partial charge is 0.0587 e. The monoisotopic (exact) mass is 494 g/mol. The molecule has 0 unspecified atom stereocenters. The summed E-state index contributed by atoms with van der Waals surface area (Å²) in [5.74, 6) is 0. The van der Waals surface area contributed by atoms with Gasteiger partial charge in [0.1, 0.15) is 0 Å². The third-order valence-electron chi connectivity index (χ3n) is 8.30. The van der Waals surface area contributed by atoms with Crippen LogP contribution in [0.1, 0.15) is 79.5 Å². The van der Waals surface area contributed by atoms with E-state index in [0.29, 0.717) is 0 Å². The molecule has 0 fully saturated rings. The number of allylic oxidation sites excluding steroid dienone is 4. The highest BCUT2D eigenvalue weighted by atomic mass is 79.9. The standard InChI is InChI=1S/C32H31Br/c1-19-6-10-23-24-11-7-20(16-28(24)31(2,3)27(23)14-19)15-21-8-12-25-26-13-9-22(33)18-30(26)32(4,5)29(25)17-21/h6-8,10-12,14,16-18H,9,13,15H2,1-5H3. The lowest BCUT2D eigenvalue weighted by Crippen LogP contribution is -2.17. The van der Waals surface area contributed by atoms with Gasteiger partial charge >= 0.3 is 0 Å². The molecular weight excluding hydrogens is 464 g/mol. The van der Waals surface area contributed by atoms with Gasteiger partial charge in [-0.15, -0.1) is 0 Å². The fourth-order valence-corrected chi connectivity index (χ4v) is 6.83. The maximum atomic E-state index is 3.76. The summed E-state index contributed by atoms with van der Waals surface area (Å²) in [6, 6.07) is 21.3. The lowest BCUT2D eigenvalue weighted by atomic mass is 9.79. The first-order valence-electron chi connectivity index (χ1n) is 12.1. The number of rotatable bonds is 2. The zero-order chi connectivity index (χ0) is 23.1. The van der Waals surface area contributed by atoms with Gasteiger partial charge in [0.05, 0.1) is 0 Å². The van der Waals surface area contributed by atoms with Crippen LogP contribution in [0.15, 0.2) is 70.7 Å². The van der Waals surface area contributed by atoms with E-state index in [1.807, 2.05) is 0 Å². The summed E-state index contributed by atoms with van der Waals surface area (Å²) in [7, 11) is 0. The maximum Gasteiger partial charge on any atom is 0.0159 e. The number of aryl methyl sites for hydroxylation is 1. The molecule has 3 aliphatic rings. The van der Waals surface area contributed by atoms with Gasteiger partial charge in [-0.2, -0.15) is 0 Å². The second kappa shape index (κ2) is 7.06. The molecule has 0 aliphatic heterocycles. The highest BCUT2D eigenvalue weighted by Gasteiger charge is 2.38. The van der Waals surface area contributed by atoms with Crippen molar-refractivity contribution in [3.8, 4) is 11.1 Å². The zero-order valence-electron chi connectivity index (χ0n) is 20.3. The second-order valence-corrected chi connectivity index (χ2v) is 12.2. The van der Waals surface area contributed by atoms with Gasteiger partial charge < -0.3 is 0 Å². The molecule has 0 nitrogen and oxygen atoms in total. The number of halogens is 1. The molecule has 3 aromatic carbocycles. The second-order valence-electron chi connectivity index (χ2n) is 11.2. The van der Waals surface area contributed by atoms with E-state index in [9.17, 15) is 0 Å². The first-order valence-corrected chi connectivity index (χ1v) is 12.9. The molecule has 0 heterocycles. The summed E-state index contributed by atoms with van der Waals surface area (Å²) in [4.78, 5) is 0. The molecule has 0 saturated heterocycles. The van der Waals surface area contributed by atoms with E-state index in [0.717, 1.165) is 19.3 Å². The van der Waals surface area contributed by atoms with Gasteiger partial charge in [0.15, 0.2) is 0 Å². The average molecular weight is 496 g/mol. The van der Waals surface area contributed by atoms with Crippen LogP contribution in [-0.2, 0) is 17.3 Å². The summed E-state index contributed by atoms with van der Waals surface area (Å²) in [5.41, 5.74) is 16.0. The molecule has 0 atom stereocenters. The molecule has 0 amide bonds. The molecule has 0 saturated carbocycles. The lowest BCUT2D eigenvalue weighted by molar-refractivity contribution is 0.650. The van der Waals surface area contributed by atoms with Gasteiger partial charge in [-0.3, -0.25) is 0 Å². The Bertz CT molecular complexity index is 1390. The summed E-state index contributed by atoms with van der Waals surface area (Å²) in [6.45, 7) is 11.7. The van der Waals surface area contributed by atoms with E-state index >= 15 is 0 Å². The Morgan fingerprint density at radius 1 is 0.697 bits per heavy atom. The van der Waals surface area contributed by atoms with E-state index < -0.39 is 0 Å². The molecule has 1 heteroatoms. The van der Waals surface area contributed by atoms with Crippen LogP contribution in [0.3, 0.4) is 0 Å². The molecule has 0 bridgehead atoms. The van der Waals surface area contributed by atoms with Crippen LogP contribution in [0.2, 0.25) is 0 Å². The molecule has 0 aromatic heterocycles. The molecule has 0 N–H and O–H groups in total. The van der Waals surface area contributed by atoms with E-state index in [4.69, 9.17) is 0 Å². The molecule has 166 valence electrons. The summed E-state index contributed by atoms with van der Waals surface area (Å²) >= 11 is 3.76. The van der Waals surface area contributed by atoms with Crippen LogP contribution < -0.4 is 0 Å². The van der Waals surface area contributed by atoms with Crippen LogP contribution in [0.5, 0.6) is 0 Å². The average Bonchev–Trinajstić information content (AvgIpc) is 3.13. The van der Waals surface area contributed by atoms with E-state index in [2.05, 4.69) is 111 Å². The van der Waals surface area contributed by atoms with E-state index in [-0.39, 0.29) is 10.8 Å². The quantitative estimate of drug-likeness (QED) is 0.333. The van der Waals surface area contributed by atoms with Crippen molar-refractivity contribution < 1.29 is 0 Å². The first kappa shape index (κ1) is 21.2. The number of hydrogen-bond donors (Lipinski definition) is 0. The van der Waals surface area contributed by atoms with Gasteiger partial charge in [0.2, 0.25) is 0 Å². The minimum atomic E-state index is 0.0509. The van der Waals surface area contributed by atoms with Crippen molar-refractivity contribution in [3.63, 3.8) is 0 Å². The summed E-state index contributed by atoms with van der Waals surface area (Å²) < 4.78 is 1.33. The lowest BCUT2D eigenvalue weighted by Gasteiger charge is -2.25. The van der Waals surface area contributed by atoms with E-state index in [1.54, 1.807) is 5.57 Å². The van der Waals surface area contributed by atoms with Crippen molar-refractivity contribution in [1.29, 1.82) is 0 Å². The fourth-order valence-electron chi connectivity index (χ4n) is 6.40. The number of benzene rings is 3. The van der Waals surface area contributed by atoms with Crippen molar-refractivity contribution in [3.05, 3.63) is 110 Å². The van der Waals surface area contributed by atoms with Crippen molar-refractivity contribution in [2.24, 2.45) is 0 Å². The predicted molar refractivity (Wildman–Crippen MR) is 144 cm³/mol. The fraction of sp³-hybridized carbons (Fsp3) is 0.312. The van der Waals surface area contributed by atoms with Crippen LogP contribution in [0.25, 0.3) is 16.7 Å². The van der Waals surface area contributed by atoms with Gasteiger partial charge in [0, 0.05) is 10.8 Å². The van der Waals surface area contributed by atoms with Crippen molar-refractivity contribution in [1.82, 2.24) is 0 Å². The van der Waals surface area contributed by atoms with Crippen LogP contribution in [0, 0.1) is 6.92 Å². The molecular formula is C32H31Br. The first-order chi connectivity index (χ1) is 15.7.